The summed E-state index contributed by atoms with van der Waals surface area (Å²) in [5.41, 5.74) is 2.45. The number of hydrogen-bond acceptors (Lipinski definition) is 5. The monoisotopic (exact) mass is 400 g/mol. The normalized spacial score (nSPS) is 18.3. The third-order valence-electron chi connectivity index (χ3n) is 5.71. The van der Waals surface area contributed by atoms with Gasteiger partial charge >= 0.3 is 0 Å². The summed E-state index contributed by atoms with van der Waals surface area (Å²) in [4.78, 5) is 28.0. The van der Waals surface area contributed by atoms with Gasteiger partial charge in [-0.25, -0.2) is 15.0 Å². The van der Waals surface area contributed by atoms with Crippen molar-refractivity contribution in [3.8, 4) is 11.8 Å². The summed E-state index contributed by atoms with van der Waals surface area (Å²) in [7, 11) is 0. The average molecular weight is 400 g/mol. The van der Waals surface area contributed by atoms with Gasteiger partial charge in [-0.2, -0.15) is 0 Å². The minimum atomic E-state index is 0.177. The Hall–Kier alpha value is -3.40. The van der Waals surface area contributed by atoms with E-state index in [1.165, 1.54) is 0 Å². The summed E-state index contributed by atoms with van der Waals surface area (Å²) < 4.78 is 2.01. The number of anilines is 1. The smallest absolute Gasteiger partial charge is 0.225 e. The lowest BCUT2D eigenvalue weighted by Gasteiger charge is -2.17. The van der Waals surface area contributed by atoms with Crippen molar-refractivity contribution in [3.63, 3.8) is 0 Å². The van der Waals surface area contributed by atoms with Crippen LogP contribution in [0.5, 0.6) is 0 Å². The summed E-state index contributed by atoms with van der Waals surface area (Å²) >= 11 is 0. The first-order chi connectivity index (χ1) is 14.7. The summed E-state index contributed by atoms with van der Waals surface area (Å²) in [5, 5.41) is 3.50. The van der Waals surface area contributed by atoms with Crippen LogP contribution in [0.25, 0.3) is 11.2 Å². The molecule has 1 atom stereocenters. The molecule has 1 aliphatic heterocycles. The quantitative estimate of drug-likeness (QED) is 0.682. The molecule has 1 aliphatic carbocycles. The number of fused-ring (bicyclic) bond motifs is 1. The fourth-order valence-corrected chi connectivity index (χ4v) is 3.95. The van der Waals surface area contributed by atoms with Gasteiger partial charge in [0.25, 0.3) is 0 Å². The first kappa shape index (κ1) is 18.6. The number of nitrogens with one attached hydrogen (secondary N) is 1. The summed E-state index contributed by atoms with van der Waals surface area (Å²) in [5.74, 6) is 8.32. The van der Waals surface area contributed by atoms with Gasteiger partial charge < -0.3 is 14.8 Å². The van der Waals surface area contributed by atoms with Gasteiger partial charge in [-0.05, 0) is 44.2 Å². The average Bonchev–Trinajstić information content (AvgIpc) is 3.41. The predicted octanol–water partition coefficient (Wildman–Crippen LogP) is 2.67. The standard InChI is InChI=1S/C23H24N6O/c1-2-29-19(11-8-16-6-4-3-5-7-16)27-20-21(24-15-25-22(20)29)26-18-12-13-28(14-18)23(30)17-9-10-17/h3-7,15,17-18H,2,9-10,12-14H2,1H3,(H,24,25,26). The molecule has 30 heavy (non-hydrogen) atoms. The Morgan fingerprint density at radius 3 is 2.77 bits per heavy atom. The second-order valence-electron chi connectivity index (χ2n) is 7.88. The SMILES string of the molecule is CCn1c(C#Cc2ccccc2)nc2c(NC3CCN(C(=O)C4CC4)C3)ncnc21. The highest BCUT2D eigenvalue weighted by molar-refractivity contribution is 5.84. The summed E-state index contributed by atoms with van der Waals surface area (Å²) in [6.07, 6.45) is 4.57. The molecule has 3 heterocycles. The highest BCUT2D eigenvalue weighted by Crippen LogP contribution is 2.32. The van der Waals surface area contributed by atoms with E-state index in [2.05, 4.69) is 34.0 Å². The fraction of sp³-hybridized carbons (Fsp3) is 0.391. The van der Waals surface area contributed by atoms with Gasteiger partial charge in [0.15, 0.2) is 22.8 Å². The molecular formula is C23H24N6O. The lowest BCUT2D eigenvalue weighted by molar-refractivity contribution is -0.131. The van der Waals surface area contributed by atoms with Crippen molar-refractivity contribution in [2.45, 2.75) is 38.8 Å². The van der Waals surface area contributed by atoms with Crippen LogP contribution < -0.4 is 5.32 Å². The molecule has 3 aromatic rings. The van der Waals surface area contributed by atoms with E-state index in [9.17, 15) is 4.79 Å². The highest BCUT2D eigenvalue weighted by atomic mass is 16.2. The van der Waals surface area contributed by atoms with E-state index in [1.807, 2.05) is 39.8 Å². The molecule has 0 radical (unpaired) electrons. The van der Waals surface area contributed by atoms with E-state index in [4.69, 9.17) is 4.98 Å². The minimum Gasteiger partial charge on any atom is -0.364 e. The Morgan fingerprint density at radius 2 is 2.00 bits per heavy atom. The molecule has 1 saturated heterocycles. The third-order valence-corrected chi connectivity index (χ3v) is 5.71. The first-order valence-corrected chi connectivity index (χ1v) is 10.6. The van der Waals surface area contributed by atoms with Crippen molar-refractivity contribution in [1.29, 1.82) is 0 Å². The second-order valence-corrected chi connectivity index (χ2v) is 7.88. The van der Waals surface area contributed by atoms with Gasteiger partial charge in [0.2, 0.25) is 5.91 Å². The molecule has 7 nitrogen and oxygen atoms in total. The molecule has 1 amide bonds. The second kappa shape index (κ2) is 7.79. The number of likely N-dealkylation sites (tertiary alicyclic amines) is 1. The van der Waals surface area contributed by atoms with Crippen molar-refractivity contribution in [2.75, 3.05) is 18.4 Å². The molecule has 0 spiro atoms. The lowest BCUT2D eigenvalue weighted by Crippen LogP contribution is -2.32. The van der Waals surface area contributed by atoms with Crippen LogP contribution in [-0.4, -0.2) is 49.5 Å². The molecule has 2 aliphatic rings. The van der Waals surface area contributed by atoms with E-state index < -0.39 is 0 Å². The number of aromatic nitrogens is 4. The summed E-state index contributed by atoms with van der Waals surface area (Å²) in [6.45, 7) is 4.30. The van der Waals surface area contributed by atoms with Crippen molar-refractivity contribution in [2.24, 2.45) is 5.92 Å². The van der Waals surface area contributed by atoms with E-state index in [0.29, 0.717) is 17.5 Å². The number of rotatable bonds is 4. The van der Waals surface area contributed by atoms with Gasteiger partial charge in [0, 0.05) is 37.2 Å². The van der Waals surface area contributed by atoms with Crippen LogP contribution in [0.4, 0.5) is 5.82 Å². The number of aryl methyl sites for hydroxylation is 1. The van der Waals surface area contributed by atoms with Gasteiger partial charge in [-0.3, -0.25) is 4.79 Å². The van der Waals surface area contributed by atoms with Crippen LogP contribution in [0, 0.1) is 17.8 Å². The summed E-state index contributed by atoms with van der Waals surface area (Å²) in [6, 6.07) is 10.1. The largest absolute Gasteiger partial charge is 0.364 e. The van der Waals surface area contributed by atoms with Crippen molar-refractivity contribution >= 4 is 22.9 Å². The maximum atomic E-state index is 12.3. The third kappa shape index (κ3) is 3.61. The topological polar surface area (TPSA) is 75.9 Å². The van der Waals surface area contributed by atoms with Crippen molar-refractivity contribution in [3.05, 3.63) is 48.0 Å². The van der Waals surface area contributed by atoms with Crippen LogP contribution in [0.15, 0.2) is 36.7 Å². The Morgan fingerprint density at radius 1 is 1.17 bits per heavy atom. The van der Waals surface area contributed by atoms with Gasteiger partial charge in [-0.15, -0.1) is 0 Å². The van der Waals surface area contributed by atoms with Gasteiger partial charge in [0.1, 0.15) is 6.33 Å². The van der Waals surface area contributed by atoms with E-state index >= 15 is 0 Å². The van der Waals surface area contributed by atoms with Crippen LogP contribution in [0.1, 0.15) is 37.6 Å². The number of nitrogens with zero attached hydrogens (tertiary/aromatic N) is 5. The molecule has 0 bridgehead atoms. The van der Waals surface area contributed by atoms with Crippen LogP contribution in [0.2, 0.25) is 0 Å². The van der Waals surface area contributed by atoms with E-state index in [-0.39, 0.29) is 12.0 Å². The van der Waals surface area contributed by atoms with E-state index in [0.717, 1.165) is 55.6 Å². The molecule has 5 rings (SSSR count). The fourth-order valence-electron chi connectivity index (χ4n) is 3.95. The lowest BCUT2D eigenvalue weighted by atomic mass is 10.2. The van der Waals surface area contributed by atoms with Gasteiger partial charge in [-0.1, -0.05) is 24.1 Å². The minimum absolute atomic E-state index is 0.177. The van der Waals surface area contributed by atoms with Gasteiger partial charge in [0.05, 0.1) is 0 Å². The van der Waals surface area contributed by atoms with Crippen molar-refractivity contribution in [1.82, 2.24) is 24.4 Å². The number of hydrogen-bond donors (Lipinski definition) is 1. The molecule has 1 aromatic carbocycles. The van der Waals surface area contributed by atoms with E-state index in [1.54, 1.807) is 6.33 Å². The molecule has 1 unspecified atom stereocenters. The molecule has 1 saturated carbocycles. The molecule has 2 aromatic heterocycles. The number of carbonyl (C=O) groups excluding carboxylic acids is 1. The van der Waals surface area contributed by atoms with Crippen molar-refractivity contribution < 1.29 is 4.79 Å². The molecule has 1 N–H and O–H groups in total. The molecule has 152 valence electrons. The predicted molar refractivity (Wildman–Crippen MR) is 115 cm³/mol. The highest BCUT2D eigenvalue weighted by Gasteiger charge is 2.36. The van der Waals surface area contributed by atoms with Crippen LogP contribution >= 0.6 is 0 Å². The zero-order chi connectivity index (χ0) is 20.5. The Balaban J connectivity index is 1.40. The number of amides is 1. The number of benzene rings is 1. The Labute approximate surface area is 175 Å². The maximum absolute atomic E-state index is 12.3. The van der Waals surface area contributed by atoms with Crippen LogP contribution in [0.3, 0.4) is 0 Å². The molecule has 7 heteroatoms. The first-order valence-electron chi connectivity index (χ1n) is 10.6. The van der Waals surface area contributed by atoms with Crippen LogP contribution in [-0.2, 0) is 11.3 Å². The molecular weight excluding hydrogens is 376 g/mol. The zero-order valence-corrected chi connectivity index (χ0v) is 17.0. The Kier molecular flexibility index (Phi) is 4.83. The Bertz CT molecular complexity index is 1140. The number of carbonyl (C=O) groups is 1. The molecule has 2 fully saturated rings. The zero-order valence-electron chi connectivity index (χ0n) is 17.0. The maximum Gasteiger partial charge on any atom is 0.225 e. The number of imidazole rings is 1.